The predicted octanol–water partition coefficient (Wildman–Crippen LogP) is 0.717. The number of hydrogen-bond acceptors (Lipinski definition) is 3. The Morgan fingerprint density at radius 2 is 0.750 bits per heavy atom. The van der Waals surface area contributed by atoms with E-state index in [1.54, 1.807) is 0 Å². The van der Waals surface area contributed by atoms with E-state index in [1.165, 1.54) is 0 Å². The molecular formula is C3H3K3N3S3. The van der Waals surface area contributed by atoms with Crippen LogP contribution in [-0.4, -0.2) is 169 Å². The first-order chi connectivity index (χ1) is 4.18. The number of rotatable bonds is 0. The Kier molecular flexibility index (Phi) is 21.9. The van der Waals surface area contributed by atoms with Crippen LogP contribution in [-0.2, 0) is 0 Å². The second kappa shape index (κ2) is 12.0. The van der Waals surface area contributed by atoms with Crippen molar-refractivity contribution in [1.82, 2.24) is 15.0 Å². The fourth-order valence-corrected chi connectivity index (χ4v) is 1.21. The molecule has 1 aromatic heterocycles. The third-order valence-electron chi connectivity index (χ3n) is 0.681. The molecule has 3 N–H and O–H groups in total. The Bertz CT molecular complexity index is 287. The van der Waals surface area contributed by atoms with E-state index < -0.39 is 0 Å². The minimum atomic E-state index is 0. The zero-order valence-electron chi connectivity index (χ0n) is 7.22. The van der Waals surface area contributed by atoms with Crippen LogP contribution in [0.2, 0.25) is 0 Å². The largest absolute Gasteiger partial charge is 0.309 e. The molecule has 0 saturated heterocycles. The van der Waals surface area contributed by atoms with Crippen LogP contribution in [0.1, 0.15) is 0 Å². The van der Waals surface area contributed by atoms with Gasteiger partial charge in [0.1, 0.15) is 0 Å². The number of H-pyrrole nitrogens is 3. The third-order valence-corrected chi connectivity index (χ3v) is 1.29. The summed E-state index contributed by atoms with van der Waals surface area (Å²) in [6, 6.07) is 0. The van der Waals surface area contributed by atoms with E-state index in [0.29, 0.717) is 14.3 Å². The normalized spacial score (nSPS) is 7.00. The Morgan fingerprint density at radius 1 is 0.583 bits per heavy atom. The number of aromatic amines is 3. The van der Waals surface area contributed by atoms with Crippen LogP contribution in [0, 0.1) is 14.3 Å². The first-order valence-electron chi connectivity index (χ1n) is 2.11. The van der Waals surface area contributed by atoms with E-state index in [9.17, 15) is 0 Å². The summed E-state index contributed by atoms with van der Waals surface area (Å²) in [7, 11) is 0. The van der Waals surface area contributed by atoms with Gasteiger partial charge in [0.15, 0.2) is 14.3 Å². The summed E-state index contributed by atoms with van der Waals surface area (Å²) in [5.41, 5.74) is 0. The van der Waals surface area contributed by atoms with Crippen LogP contribution < -0.4 is 0 Å². The van der Waals surface area contributed by atoms with E-state index >= 15 is 0 Å². The molecule has 0 unspecified atom stereocenters. The minimum absolute atomic E-state index is 0. The van der Waals surface area contributed by atoms with Crippen molar-refractivity contribution < 1.29 is 0 Å². The van der Waals surface area contributed by atoms with Gasteiger partial charge in [-0.05, 0) is 36.7 Å². The van der Waals surface area contributed by atoms with E-state index in [1.807, 2.05) is 0 Å². The quantitative estimate of drug-likeness (QED) is 0.488. The summed E-state index contributed by atoms with van der Waals surface area (Å²) in [6.07, 6.45) is 0. The maximum atomic E-state index is 4.72. The minimum Gasteiger partial charge on any atom is -0.309 e. The molecule has 0 amide bonds. The van der Waals surface area contributed by atoms with Gasteiger partial charge in [0.05, 0.1) is 0 Å². The van der Waals surface area contributed by atoms with Crippen molar-refractivity contribution >= 4 is 191 Å². The van der Waals surface area contributed by atoms with Crippen molar-refractivity contribution in [1.29, 1.82) is 0 Å². The zero-order chi connectivity index (χ0) is 6.85. The average molecular weight is 295 g/mol. The summed E-state index contributed by atoms with van der Waals surface area (Å²) >= 11 is 14.2. The maximum Gasteiger partial charge on any atom is 0.178 e. The molecule has 0 fully saturated rings. The molecule has 9 heteroatoms. The zero-order valence-corrected chi connectivity index (χ0v) is 19.0. The smallest absolute Gasteiger partial charge is 0.178 e. The fourth-order valence-electron chi connectivity index (χ4n) is 0.403. The van der Waals surface area contributed by atoms with E-state index in [-0.39, 0.29) is 154 Å². The molecule has 0 spiro atoms. The van der Waals surface area contributed by atoms with Crippen LogP contribution in [0.5, 0.6) is 0 Å². The van der Waals surface area contributed by atoms with Crippen LogP contribution in [0.25, 0.3) is 0 Å². The molecule has 3 radical (unpaired) electrons. The molecule has 51 valence electrons. The molecule has 0 aromatic carbocycles. The van der Waals surface area contributed by atoms with Gasteiger partial charge in [-0.3, -0.25) is 0 Å². The van der Waals surface area contributed by atoms with Gasteiger partial charge in [0.2, 0.25) is 0 Å². The van der Waals surface area contributed by atoms with Gasteiger partial charge in [0, 0.05) is 154 Å². The van der Waals surface area contributed by atoms with Gasteiger partial charge >= 0.3 is 0 Å². The predicted molar refractivity (Wildman–Crippen MR) is 59.3 cm³/mol. The van der Waals surface area contributed by atoms with Gasteiger partial charge in [-0.1, -0.05) is 0 Å². The van der Waals surface area contributed by atoms with Crippen LogP contribution in [0.4, 0.5) is 0 Å². The van der Waals surface area contributed by atoms with Crippen molar-refractivity contribution in [3.8, 4) is 0 Å². The summed E-state index contributed by atoms with van der Waals surface area (Å²) < 4.78 is 1.34. The van der Waals surface area contributed by atoms with E-state index in [4.69, 9.17) is 36.7 Å². The molecule has 0 saturated carbocycles. The molecule has 0 atom stereocenters. The van der Waals surface area contributed by atoms with Crippen LogP contribution in [0.15, 0.2) is 0 Å². The monoisotopic (exact) mass is 294 g/mol. The molecule has 0 bridgehead atoms. The molecule has 1 heterocycles. The molecule has 1 aromatic rings. The van der Waals surface area contributed by atoms with E-state index in [2.05, 4.69) is 15.0 Å². The second-order valence-electron chi connectivity index (χ2n) is 1.36. The topological polar surface area (TPSA) is 47.4 Å². The third kappa shape index (κ3) is 9.78. The summed E-state index contributed by atoms with van der Waals surface area (Å²) in [5, 5.41) is 0. The molecule has 12 heavy (non-hydrogen) atoms. The van der Waals surface area contributed by atoms with Gasteiger partial charge in [-0.15, -0.1) is 0 Å². The van der Waals surface area contributed by atoms with Crippen molar-refractivity contribution in [2.75, 3.05) is 0 Å². The van der Waals surface area contributed by atoms with Gasteiger partial charge in [-0.25, -0.2) is 0 Å². The Morgan fingerprint density at radius 3 is 0.917 bits per heavy atom. The van der Waals surface area contributed by atoms with Crippen molar-refractivity contribution in [3.63, 3.8) is 0 Å². The summed E-state index contributed by atoms with van der Waals surface area (Å²) in [5.74, 6) is 0. The summed E-state index contributed by atoms with van der Waals surface area (Å²) in [4.78, 5) is 7.99. The maximum absolute atomic E-state index is 4.72. The molecule has 3 nitrogen and oxygen atoms in total. The van der Waals surface area contributed by atoms with Gasteiger partial charge in [0.25, 0.3) is 0 Å². The molecule has 0 aliphatic carbocycles. The van der Waals surface area contributed by atoms with Crippen molar-refractivity contribution in [2.45, 2.75) is 0 Å². The Hall–Kier alpha value is 4.58. The number of nitrogens with one attached hydrogen (secondary N) is 3. The first-order valence-corrected chi connectivity index (χ1v) is 3.34. The standard InChI is InChI=1S/C3H3N3S3.3K/c7-1-4-2(8)6-3(9)5-1;;;/h(H3,4,5,6,7,8,9);;;. The van der Waals surface area contributed by atoms with Gasteiger partial charge in [-0.2, -0.15) is 0 Å². The fraction of sp³-hybridized carbons (Fsp3) is 0. The number of aromatic nitrogens is 3. The molecular weight excluding hydrogens is 292 g/mol. The SMILES string of the molecule is S=c1[nH]c(=S)[nH]c(=S)[nH]1.[K].[K].[K]. The molecule has 0 aliphatic rings. The molecule has 0 aliphatic heterocycles. The van der Waals surface area contributed by atoms with Crippen LogP contribution in [0.3, 0.4) is 0 Å². The Labute approximate surface area is 213 Å². The van der Waals surface area contributed by atoms with Crippen molar-refractivity contribution in [3.05, 3.63) is 14.3 Å². The van der Waals surface area contributed by atoms with Crippen LogP contribution >= 0.6 is 36.7 Å². The van der Waals surface area contributed by atoms with E-state index in [0.717, 1.165) is 0 Å². The summed E-state index contributed by atoms with van der Waals surface area (Å²) in [6.45, 7) is 0. The average Bonchev–Trinajstić information content (AvgIpc) is 1.59. The van der Waals surface area contributed by atoms with Gasteiger partial charge < -0.3 is 15.0 Å². The number of hydrogen-bond donors (Lipinski definition) is 3. The first kappa shape index (κ1) is 21.8. The van der Waals surface area contributed by atoms with Crippen molar-refractivity contribution in [2.24, 2.45) is 0 Å². The Balaban J connectivity index is -0.000000270. The molecule has 1 rings (SSSR count). The second-order valence-corrected chi connectivity index (χ2v) is 2.59.